The molecule has 0 amide bonds. The minimum absolute atomic E-state index is 0.461. The molecular weight excluding hydrogens is 280 g/mol. The van der Waals surface area contributed by atoms with E-state index in [4.69, 9.17) is 11.6 Å². The van der Waals surface area contributed by atoms with E-state index < -0.39 is 11.9 Å². The average molecular weight is 293 g/mol. The number of halogens is 1. The van der Waals surface area contributed by atoms with Crippen LogP contribution in [0, 0.1) is 0 Å². The molecule has 0 aliphatic rings. The summed E-state index contributed by atoms with van der Waals surface area (Å²) < 4.78 is 0. The summed E-state index contributed by atoms with van der Waals surface area (Å²) >= 11 is 7.53. The first-order valence-corrected chi connectivity index (χ1v) is 7.20. The van der Waals surface area contributed by atoms with Gasteiger partial charge in [-0.15, -0.1) is 11.8 Å². The number of aliphatic carboxylic acids is 1. The first-order chi connectivity index (χ1) is 9.18. The summed E-state index contributed by atoms with van der Waals surface area (Å²) in [6, 6.07) is 16.7. The maximum Gasteiger partial charge on any atom is 0.311 e. The van der Waals surface area contributed by atoms with Crippen molar-refractivity contribution in [1.29, 1.82) is 0 Å². The van der Waals surface area contributed by atoms with Crippen molar-refractivity contribution in [2.75, 3.05) is 5.75 Å². The molecule has 0 saturated carbocycles. The van der Waals surface area contributed by atoms with Crippen LogP contribution in [0.5, 0.6) is 0 Å². The van der Waals surface area contributed by atoms with Gasteiger partial charge in [0, 0.05) is 10.6 Å². The number of carboxylic acids is 1. The molecule has 0 aromatic heterocycles. The third-order valence-electron chi connectivity index (χ3n) is 2.74. The maximum atomic E-state index is 11.4. The predicted molar refractivity (Wildman–Crippen MR) is 79.0 cm³/mol. The van der Waals surface area contributed by atoms with Crippen LogP contribution in [0.4, 0.5) is 0 Å². The van der Waals surface area contributed by atoms with Crippen LogP contribution in [0.25, 0.3) is 0 Å². The molecular formula is C15H13ClO2S. The largest absolute Gasteiger partial charge is 0.481 e. The van der Waals surface area contributed by atoms with Crippen molar-refractivity contribution < 1.29 is 9.90 Å². The van der Waals surface area contributed by atoms with Crippen LogP contribution < -0.4 is 0 Å². The van der Waals surface area contributed by atoms with E-state index in [1.54, 1.807) is 0 Å². The Morgan fingerprint density at radius 2 is 1.74 bits per heavy atom. The lowest BCUT2D eigenvalue weighted by Crippen LogP contribution is -2.14. The van der Waals surface area contributed by atoms with Gasteiger partial charge in [-0.1, -0.05) is 54.1 Å². The van der Waals surface area contributed by atoms with Crippen molar-refractivity contribution in [2.24, 2.45) is 0 Å². The quantitative estimate of drug-likeness (QED) is 0.835. The fraction of sp³-hybridized carbons (Fsp3) is 0.133. The lowest BCUT2D eigenvalue weighted by Gasteiger charge is -2.12. The van der Waals surface area contributed by atoms with E-state index in [2.05, 4.69) is 0 Å². The maximum absolute atomic E-state index is 11.4. The standard InChI is InChI=1S/C15H13ClO2S/c16-13-8-4-5-9-14(13)19-10-12(15(17)18)11-6-2-1-3-7-11/h1-9,12H,10H2,(H,17,18). The summed E-state index contributed by atoms with van der Waals surface area (Å²) in [5.41, 5.74) is 0.814. The van der Waals surface area contributed by atoms with Crippen molar-refractivity contribution in [3.63, 3.8) is 0 Å². The molecule has 2 aromatic rings. The van der Waals surface area contributed by atoms with E-state index in [1.807, 2.05) is 54.6 Å². The zero-order chi connectivity index (χ0) is 13.7. The van der Waals surface area contributed by atoms with E-state index in [-0.39, 0.29) is 0 Å². The summed E-state index contributed by atoms with van der Waals surface area (Å²) in [6.45, 7) is 0. The Kier molecular flexibility index (Phi) is 4.88. The Bertz CT molecular complexity index is 557. The number of hydrogen-bond donors (Lipinski definition) is 1. The number of benzene rings is 2. The highest BCUT2D eigenvalue weighted by atomic mass is 35.5. The molecule has 2 aromatic carbocycles. The van der Waals surface area contributed by atoms with Gasteiger partial charge >= 0.3 is 5.97 Å². The minimum atomic E-state index is -0.814. The fourth-order valence-electron chi connectivity index (χ4n) is 1.73. The van der Waals surface area contributed by atoms with Gasteiger partial charge in [0.25, 0.3) is 0 Å². The van der Waals surface area contributed by atoms with Gasteiger partial charge in [-0.25, -0.2) is 0 Å². The molecule has 1 unspecified atom stereocenters. The number of thioether (sulfide) groups is 1. The molecule has 2 rings (SSSR count). The van der Waals surface area contributed by atoms with Crippen LogP contribution in [0.15, 0.2) is 59.5 Å². The second-order valence-corrected chi connectivity index (χ2v) is 5.51. The SMILES string of the molecule is O=C(O)C(CSc1ccccc1Cl)c1ccccc1. The summed E-state index contributed by atoms with van der Waals surface area (Å²) in [6.07, 6.45) is 0. The molecule has 0 spiro atoms. The number of carboxylic acid groups (broad SMARTS) is 1. The van der Waals surface area contributed by atoms with E-state index in [0.717, 1.165) is 10.5 Å². The smallest absolute Gasteiger partial charge is 0.311 e. The van der Waals surface area contributed by atoms with Crippen molar-refractivity contribution in [3.05, 3.63) is 65.2 Å². The van der Waals surface area contributed by atoms with Crippen molar-refractivity contribution in [3.8, 4) is 0 Å². The zero-order valence-corrected chi connectivity index (χ0v) is 11.7. The molecule has 0 fully saturated rings. The topological polar surface area (TPSA) is 37.3 Å². The third kappa shape index (κ3) is 3.75. The average Bonchev–Trinajstić information content (AvgIpc) is 2.42. The van der Waals surface area contributed by atoms with Crippen LogP contribution in [-0.2, 0) is 4.79 Å². The lowest BCUT2D eigenvalue weighted by atomic mass is 10.0. The second-order valence-electron chi connectivity index (χ2n) is 4.04. The predicted octanol–water partition coefficient (Wildman–Crippen LogP) is 4.30. The number of hydrogen-bond acceptors (Lipinski definition) is 2. The Morgan fingerprint density at radius 3 is 2.37 bits per heavy atom. The molecule has 0 aliphatic heterocycles. The van der Waals surface area contributed by atoms with Gasteiger partial charge in [-0.2, -0.15) is 0 Å². The van der Waals surface area contributed by atoms with Gasteiger partial charge < -0.3 is 5.11 Å². The van der Waals surface area contributed by atoms with Crippen LogP contribution >= 0.6 is 23.4 Å². The van der Waals surface area contributed by atoms with E-state index in [9.17, 15) is 9.90 Å². The Labute approximate surface area is 121 Å². The van der Waals surface area contributed by atoms with Crippen LogP contribution in [0.3, 0.4) is 0 Å². The van der Waals surface area contributed by atoms with Crippen LogP contribution in [0.1, 0.15) is 11.5 Å². The number of rotatable bonds is 5. The highest BCUT2D eigenvalue weighted by molar-refractivity contribution is 7.99. The molecule has 4 heteroatoms. The number of carbonyl (C=O) groups is 1. The molecule has 2 nitrogen and oxygen atoms in total. The monoisotopic (exact) mass is 292 g/mol. The fourth-order valence-corrected chi connectivity index (χ4v) is 3.09. The first kappa shape index (κ1) is 14.0. The van der Waals surface area contributed by atoms with Crippen molar-refractivity contribution in [1.82, 2.24) is 0 Å². The molecule has 0 aliphatic carbocycles. The molecule has 1 atom stereocenters. The Balaban J connectivity index is 2.11. The summed E-state index contributed by atoms with van der Waals surface area (Å²) in [4.78, 5) is 12.3. The minimum Gasteiger partial charge on any atom is -0.481 e. The summed E-state index contributed by atoms with van der Waals surface area (Å²) in [5, 5.41) is 9.98. The molecule has 0 radical (unpaired) electrons. The van der Waals surface area contributed by atoms with E-state index in [0.29, 0.717) is 10.8 Å². The van der Waals surface area contributed by atoms with Gasteiger partial charge in [0.1, 0.15) is 0 Å². The Morgan fingerprint density at radius 1 is 1.11 bits per heavy atom. The van der Waals surface area contributed by atoms with Crippen LogP contribution in [-0.4, -0.2) is 16.8 Å². The highest BCUT2D eigenvalue weighted by Crippen LogP contribution is 2.31. The lowest BCUT2D eigenvalue weighted by molar-refractivity contribution is -0.138. The summed E-state index contributed by atoms with van der Waals surface area (Å²) in [7, 11) is 0. The van der Waals surface area contributed by atoms with Gasteiger partial charge in [0.15, 0.2) is 0 Å². The molecule has 0 bridgehead atoms. The Hall–Kier alpha value is -1.45. The first-order valence-electron chi connectivity index (χ1n) is 5.83. The van der Waals surface area contributed by atoms with Crippen molar-refractivity contribution >= 4 is 29.3 Å². The summed E-state index contributed by atoms with van der Waals surface area (Å²) in [5.74, 6) is -0.878. The highest BCUT2D eigenvalue weighted by Gasteiger charge is 2.20. The van der Waals surface area contributed by atoms with E-state index in [1.165, 1.54) is 11.8 Å². The molecule has 0 saturated heterocycles. The second kappa shape index (κ2) is 6.64. The molecule has 98 valence electrons. The van der Waals surface area contributed by atoms with Gasteiger partial charge in [0.05, 0.1) is 10.9 Å². The van der Waals surface area contributed by atoms with Crippen molar-refractivity contribution in [2.45, 2.75) is 10.8 Å². The molecule has 0 heterocycles. The zero-order valence-electron chi connectivity index (χ0n) is 10.1. The van der Waals surface area contributed by atoms with Gasteiger partial charge in [-0.3, -0.25) is 4.79 Å². The third-order valence-corrected chi connectivity index (χ3v) is 4.35. The van der Waals surface area contributed by atoms with Gasteiger partial charge in [0.2, 0.25) is 0 Å². The van der Waals surface area contributed by atoms with Crippen LogP contribution in [0.2, 0.25) is 5.02 Å². The molecule has 19 heavy (non-hydrogen) atoms. The molecule has 1 N–H and O–H groups in total. The normalized spacial score (nSPS) is 12.1. The van der Waals surface area contributed by atoms with E-state index >= 15 is 0 Å². The van der Waals surface area contributed by atoms with Gasteiger partial charge in [-0.05, 0) is 17.7 Å².